The number of nitrogens with zero attached hydrogens (tertiary/aromatic N) is 2. The van der Waals surface area contributed by atoms with Gasteiger partial charge in [-0.2, -0.15) is 0 Å². The minimum absolute atomic E-state index is 0.0993. The number of carbonyl (C=O) groups excluding carboxylic acids is 1. The summed E-state index contributed by atoms with van der Waals surface area (Å²) in [6.45, 7) is 13.1. The van der Waals surface area contributed by atoms with Crippen LogP contribution in [0, 0.1) is 5.41 Å². The zero-order valence-corrected chi connectivity index (χ0v) is 22.3. The summed E-state index contributed by atoms with van der Waals surface area (Å²) in [5, 5.41) is 22.2. The number of amidine groups is 1. The van der Waals surface area contributed by atoms with Crippen LogP contribution in [0.4, 0.5) is 4.79 Å². The quantitative estimate of drug-likeness (QED) is 0.341. The number of benzene rings is 1. The third-order valence-electron chi connectivity index (χ3n) is 6.27. The maximum atomic E-state index is 11.5. The van der Waals surface area contributed by atoms with Crippen LogP contribution in [0.25, 0.3) is 5.70 Å². The van der Waals surface area contributed by atoms with Crippen molar-refractivity contribution in [3.8, 4) is 5.75 Å². The van der Waals surface area contributed by atoms with Crippen molar-refractivity contribution in [2.75, 3.05) is 7.05 Å². The van der Waals surface area contributed by atoms with Crippen LogP contribution in [-0.2, 0) is 11.2 Å². The van der Waals surface area contributed by atoms with Gasteiger partial charge in [0, 0.05) is 24.2 Å². The lowest BCUT2D eigenvalue weighted by molar-refractivity contribution is 0.0492. The number of carboxylic acid groups (broad SMARTS) is 1. The summed E-state index contributed by atoms with van der Waals surface area (Å²) in [6, 6.07) is 3.32. The number of carbonyl (C=O) groups is 2. The normalized spacial score (nSPS) is 17.9. The number of ether oxygens (including phenoxy) is 1. The fraction of sp³-hybridized carbons (Fsp3) is 0.556. The van der Waals surface area contributed by atoms with Crippen LogP contribution < -0.4 is 11.1 Å². The zero-order chi connectivity index (χ0) is 27.3. The largest absolute Gasteiger partial charge is 0.507 e. The number of alkyl carbamates (subject to hydrolysis) is 1. The number of nitrogens with two attached hydrogens (primary N) is 1. The average molecular weight is 501 g/mol. The zero-order valence-electron chi connectivity index (χ0n) is 22.3. The van der Waals surface area contributed by atoms with Crippen molar-refractivity contribution >= 4 is 30.3 Å². The minimum atomic E-state index is -1.17. The van der Waals surface area contributed by atoms with Crippen LogP contribution in [-0.4, -0.2) is 53.5 Å². The summed E-state index contributed by atoms with van der Waals surface area (Å²) in [7, 11) is 1.59. The Morgan fingerprint density at radius 2 is 1.81 bits per heavy atom. The van der Waals surface area contributed by atoms with E-state index in [1.54, 1.807) is 13.1 Å². The van der Waals surface area contributed by atoms with Gasteiger partial charge in [-0.15, -0.1) is 0 Å². The predicted octanol–water partition coefficient (Wildman–Crippen LogP) is 4.92. The van der Waals surface area contributed by atoms with Gasteiger partial charge >= 0.3 is 12.1 Å². The molecule has 1 saturated carbocycles. The van der Waals surface area contributed by atoms with Crippen LogP contribution in [0.5, 0.6) is 5.75 Å². The highest BCUT2D eigenvalue weighted by atomic mass is 16.6. The number of amides is 1. The van der Waals surface area contributed by atoms with Crippen LogP contribution in [0.3, 0.4) is 0 Å². The van der Waals surface area contributed by atoms with Crippen molar-refractivity contribution in [1.29, 1.82) is 0 Å². The Kier molecular flexibility index (Phi) is 9.29. The lowest BCUT2D eigenvalue weighted by Crippen LogP contribution is -2.39. The summed E-state index contributed by atoms with van der Waals surface area (Å²) >= 11 is 0. The molecule has 36 heavy (non-hydrogen) atoms. The fourth-order valence-corrected chi connectivity index (χ4v) is 4.73. The molecule has 1 fully saturated rings. The summed E-state index contributed by atoms with van der Waals surface area (Å²) in [5.41, 5.74) is 7.44. The first-order chi connectivity index (χ1) is 16.7. The lowest BCUT2D eigenvalue weighted by atomic mass is 9.70. The molecule has 0 heterocycles. The summed E-state index contributed by atoms with van der Waals surface area (Å²) in [6.07, 6.45) is 6.07. The highest BCUT2D eigenvalue weighted by Crippen LogP contribution is 2.45. The molecule has 0 atom stereocenters. The molecule has 0 radical (unpaired) electrons. The molecule has 5 N–H and O–H groups in total. The molecule has 0 aliphatic heterocycles. The number of phenols is 1. The standard InChI is InChI=1S/C16H19N3O3.C11H21NO2/c1-16(2)7-9-8(5-6-10(20)11(9)15(21)22)13(18-3)12(16)14(17)19-4;1-11(2,3)14-10(13)12-9-7-5-4-6-8-9/h5-6,20H,3,7H2,1-2,4H3,(H2,17,19)(H,21,22);9H,4-8H2,1-3H3,(H,12,13). The van der Waals surface area contributed by atoms with Crippen LogP contribution in [0.15, 0.2) is 27.7 Å². The van der Waals surface area contributed by atoms with E-state index in [2.05, 4.69) is 22.0 Å². The van der Waals surface area contributed by atoms with E-state index < -0.39 is 17.0 Å². The third-order valence-corrected chi connectivity index (χ3v) is 6.27. The Morgan fingerprint density at radius 1 is 1.19 bits per heavy atom. The molecule has 0 unspecified atom stereocenters. The molecule has 0 aromatic heterocycles. The van der Waals surface area contributed by atoms with Gasteiger partial charge < -0.3 is 26.0 Å². The van der Waals surface area contributed by atoms with Crippen LogP contribution >= 0.6 is 0 Å². The molecular formula is C27H40N4O5. The SMILES string of the molecule is C=NC1=C(C(N)=NC)C(C)(C)Cc2c1ccc(O)c2C(=O)O.CC(C)(C)OC(=O)NC1CCCCC1. The van der Waals surface area contributed by atoms with Gasteiger partial charge in [-0.05, 0) is 69.9 Å². The molecule has 2 aliphatic rings. The first-order valence-electron chi connectivity index (χ1n) is 12.2. The van der Waals surface area contributed by atoms with Gasteiger partial charge in [0.25, 0.3) is 0 Å². The number of aromatic carboxylic acids is 1. The van der Waals surface area contributed by atoms with Gasteiger partial charge in [0.15, 0.2) is 0 Å². The van der Waals surface area contributed by atoms with Crippen molar-refractivity contribution in [2.45, 2.75) is 84.8 Å². The Bertz CT molecular complexity index is 1060. The fourth-order valence-electron chi connectivity index (χ4n) is 4.73. The molecule has 0 spiro atoms. The van der Waals surface area contributed by atoms with Crippen molar-refractivity contribution in [1.82, 2.24) is 5.32 Å². The van der Waals surface area contributed by atoms with E-state index in [9.17, 15) is 19.8 Å². The third kappa shape index (κ3) is 7.08. The van der Waals surface area contributed by atoms with Crippen molar-refractivity contribution in [3.05, 3.63) is 34.4 Å². The van der Waals surface area contributed by atoms with E-state index in [-0.39, 0.29) is 17.4 Å². The minimum Gasteiger partial charge on any atom is -0.507 e. The maximum absolute atomic E-state index is 11.5. The Morgan fingerprint density at radius 3 is 2.31 bits per heavy atom. The molecule has 2 aliphatic carbocycles. The summed E-state index contributed by atoms with van der Waals surface area (Å²) in [5.74, 6) is -1.08. The number of hydrogen-bond donors (Lipinski definition) is 4. The molecule has 3 rings (SSSR count). The lowest BCUT2D eigenvalue weighted by Gasteiger charge is -2.35. The topological polar surface area (TPSA) is 147 Å². The van der Waals surface area contributed by atoms with Crippen LogP contribution in [0.2, 0.25) is 0 Å². The van der Waals surface area contributed by atoms with Gasteiger partial charge in [-0.1, -0.05) is 33.1 Å². The van der Waals surface area contributed by atoms with Gasteiger partial charge in [0.2, 0.25) is 0 Å². The van der Waals surface area contributed by atoms with E-state index in [4.69, 9.17) is 10.5 Å². The van der Waals surface area contributed by atoms with E-state index in [0.29, 0.717) is 35.1 Å². The molecule has 0 bridgehead atoms. The van der Waals surface area contributed by atoms with Gasteiger partial charge in [-0.3, -0.25) is 9.98 Å². The van der Waals surface area contributed by atoms with E-state index in [1.165, 1.54) is 25.3 Å². The highest BCUT2D eigenvalue weighted by Gasteiger charge is 2.38. The second-order valence-electron chi connectivity index (χ2n) is 10.8. The molecule has 0 saturated heterocycles. The number of fused-ring (bicyclic) bond motifs is 1. The summed E-state index contributed by atoms with van der Waals surface area (Å²) < 4.78 is 5.19. The second kappa shape index (κ2) is 11.6. The Labute approximate surface area is 213 Å². The van der Waals surface area contributed by atoms with Crippen LogP contribution in [0.1, 0.15) is 88.2 Å². The molecule has 1 amide bonds. The molecular weight excluding hydrogens is 460 g/mol. The molecule has 1 aromatic carbocycles. The first-order valence-corrected chi connectivity index (χ1v) is 12.2. The number of nitrogens with one attached hydrogen (secondary N) is 1. The number of aromatic hydroxyl groups is 1. The van der Waals surface area contributed by atoms with Gasteiger partial charge in [0.05, 0.1) is 5.70 Å². The van der Waals surface area contributed by atoms with E-state index in [1.807, 2.05) is 34.6 Å². The average Bonchev–Trinajstić information content (AvgIpc) is 2.76. The van der Waals surface area contributed by atoms with Gasteiger partial charge in [-0.25, -0.2) is 9.59 Å². The predicted molar refractivity (Wildman–Crippen MR) is 143 cm³/mol. The maximum Gasteiger partial charge on any atom is 0.407 e. The van der Waals surface area contributed by atoms with Crippen molar-refractivity contribution < 1.29 is 24.5 Å². The number of rotatable bonds is 4. The molecule has 9 nitrogen and oxygen atoms in total. The second-order valence-corrected chi connectivity index (χ2v) is 10.8. The number of hydrogen-bond acceptors (Lipinski definition) is 6. The smallest absolute Gasteiger partial charge is 0.407 e. The molecule has 1 aromatic rings. The van der Waals surface area contributed by atoms with E-state index >= 15 is 0 Å². The van der Waals surface area contributed by atoms with E-state index in [0.717, 1.165) is 18.4 Å². The number of aliphatic imine (C=N–C) groups is 2. The summed E-state index contributed by atoms with van der Waals surface area (Å²) in [4.78, 5) is 31.0. The number of carboxylic acids is 1. The van der Waals surface area contributed by atoms with Crippen molar-refractivity contribution in [3.63, 3.8) is 0 Å². The Balaban J connectivity index is 0.000000281. The Hall–Kier alpha value is -3.36. The highest BCUT2D eigenvalue weighted by molar-refractivity contribution is 6.07. The van der Waals surface area contributed by atoms with Gasteiger partial charge in [0.1, 0.15) is 22.7 Å². The monoisotopic (exact) mass is 500 g/mol. The van der Waals surface area contributed by atoms with Crippen molar-refractivity contribution in [2.24, 2.45) is 21.1 Å². The molecule has 9 heteroatoms. The molecule has 198 valence electrons. The first kappa shape index (κ1) is 28.9.